The summed E-state index contributed by atoms with van der Waals surface area (Å²) >= 11 is 0. The number of halogens is 2. The molecule has 2 aromatic carbocycles. The lowest BCUT2D eigenvalue weighted by atomic mass is 10.1. The van der Waals surface area contributed by atoms with Crippen molar-refractivity contribution in [3.8, 4) is 0 Å². The Morgan fingerprint density at radius 3 is 2.54 bits per heavy atom. The zero-order valence-corrected chi connectivity index (χ0v) is 13.8. The van der Waals surface area contributed by atoms with E-state index in [2.05, 4.69) is 10.4 Å². The molecule has 0 radical (unpaired) electrons. The van der Waals surface area contributed by atoms with Crippen molar-refractivity contribution in [3.05, 3.63) is 75.8 Å². The van der Waals surface area contributed by atoms with Crippen molar-refractivity contribution in [2.75, 3.05) is 12.5 Å². The fourth-order valence-electron chi connectivity index (χ4n) is 2.50. The predicted molar refractivity (Wildman–Crippen MR) is 91.1 cm³/mol. The summed E-state index contributed by atoms with van der Waals surface area (Å²) in [5.74, 6) is -1.29. The number of nitrogens with one attached hydrogen (secondary N) is 1. The van der Waals surface area contributed by atoms with Gasteiger partial charge in [0.15, 0.2) is 5.82 Å². The lowest BCUT2D eigenvalue weighted by Gasteiger charge is -2.14. The molecule has 0 spiro atoms. The van der Waals surface area contributed by atoms with Gasteiger partial charge in [-0.1, -0.05) is 12.1 Å². The summed E-state index contributed by atoms with van der Waals surface area (Å²) in [7, 11) is 1.41. The summed E-state index contributed by atoms with van der Waals surface area (Å²) in [4.78, 5) is 29.1. The van der Waals surface area contributed by atoms with Crippen LogP contribution in [0, 0.1) is 11.6 Å². The number of fused-ring (bicyclic) bond motifs is 1. The molecule has 1 amide bonds. The molecular formula is C18H15F2N3O3. The molecule has 0 fully saturated rings. The molecule has 6 nitrogen and oxygen atoms in total. The van der Waals surface area contributed by atoms with E-state index in [1.165, 1.54) is 37.4 Å². The second-order valence-electron chi connectivity index (χ2n) is 5.60. The Morgan fingerprint density at radius 2 is 1.85 bits per heavy atom. The van der Waals surface area contributed by atoms with Gasteiger partial charge < -0.3 is 4.74 Å². The first-order valence-electron chi connectivity index (χ1n) is 7.72. The van der Waals surface area contributed by atoms with E-state index in [1.807, 2.05) is 0 Å². The minimum absolute atomic E-state index is 0.0550. The first-order valence-corrected chi connectivity index (χ1v) is 7.72. The zero-order chi connectivity index (χ0) is 18.7. The number of rotatable bonds is 5. The maximum Gasteiger partial charge on any atom is 0.280 e. The van der Waals surface area contributed by atoms with Crippen molar-refractivity contribution in [2.45, 2.75) is 13.0 Å². The second kappa shape index (κ2) is 7.40. The molecule has 3 aromatic rings. The van der Waals surface area contributed by atoms with E-state index in [0.29, 0.717) is 5.56 Å². The third-order valence-corrected chi connectivity index (χ3v) is 3.69. The Bertz CT molecular complexity index is 1020. The van der Waals surface area contributed by atoms with E-state index in [0.717, 1.165) is 16.8 Å². The Kier molecular flexibility index (Phi) is 5.04. The third kappa shape index (κ3) is 3.75. The van der Waals surface area contributed by atoms with Crippen LogP contribution >= 0.6 is 0 Å². The van der Waals surface area contributed by atoms with Gasteiger partial charge in [0.2, 0.25) is 5.91 Å². The van der Waals surface area contributed by atoms with Crippen LogP contribution in [-0.2, 0) is 22.6 Å². The number of carbonyl (C=O) groups is 1. The second-order valence-corrected chi connectivity index (χ2v) is 5.60. The van der Waals surface area contributed by atoms with E-state index >= 15 is 0 Å². The quantitative estimate of drug-likeness (QED) is 0.758. The molecule has 0 saturated heterocycles. The van der Waals surface area contributed by atoms with Crippen molar-refractivity contribution < 1.29 is 18.3 Å². The largest absolute Gasteiger partial charge is 0.377 e. The van der Waals surface area contributed by atoms with Crippen molar-refractivity contribution in [1.82, 2.24) is 9.66 Å². The van der Waals surface area contributed by atoms with Gasteiger partial charge in [-0.2, -0.15) is 4.68 Å². The number of amides is 1. The lowest BCUT2D eigenvalue weighted by Crippen LogP contribution is -2.37. The summed E-state index contributed by atoms with van der Waals surface area (Å²) in [6.45, 7) is -0.0570. The molecule has 26 heavy (non-hydrogen) atoms. The van der Waals surface area contributed by atoms with E-state index in [4.69, 9.17) is 4.74 Å². The summed E-state index contributed by atoms with van der Waals surface area (Å²) in [5.41, 5.74) is 2.68. The van der Waals surface area contributed by atoms with Crippen molar-refractivity contribution in [3.63, 3.8) is 0 Å². The zero-order valence-electron chi connectivity index (χ0n) is 13.8. The molecule has 3 rings (SSSR count). The minimum Gasteiger partial charge on any atom is -0.377 e. The monoisotopic (exact) mass is 359 g/mol. The molecule has 0 saturated carbocycles. The van der Waals surface area contributed by atoms with E-state index in [9.17, 15) is 18.4 Å². The highest BCUT2D eigenvalue weighted by Gasteiger charge is 2.14. The molecule has 0 atom stereocenters. The Morgan fingerprint density at radius 1 is 1.15 bits per heavy atom. The average molecular weight is 359 g/mol. The standard InChI is InChI=1S/C18H15F2N3O3/c1-26-10-16-21-15-9-13(20)6-7-14(15)18(25)23(16)22-17(24)8-11-2-4-12(19)5-3-11/h2-7,9H,8,10H2,1H3,(H,22,24). The highest BCUT2D eigenvalue weighted by molar-refractivity contribution is 5.86. The first kappa shape index (κ1) is 17.7. The molecule has 8 heteroatoms. The van der Waals surface area contributed by atoms with Gasteiger partial charge in [-0.15, -0.1) is 0 Å². The molecule has 0 aliphatic rings. The van der Waals surface area contributed by atoms with Crippen molar-refractivity contribution >= 4 is 16.8 Å². The van der Waals surface area contributed by atoms with Crippen LogP contribution in [0.2, 0.25) is 0 Å². The van der Waals surface area contributed by atoms with Crippen molar-refractivity contribution in [2.24, 2.45) is 0 Å². The highest BCUT2D eigenvalue weighted by Crippen LogP contribution is 2.11. The number of hydrogen-bond acceptors (Lipinski definition) is 4. The van der Waals surface area contributed by atoms with Crippen LogP contribution in [0.4, 0.5) is 8.78 Å². The average Bonchev–Trinajstić information content (AvgIpc) is 2.60. The number of carbonyl (C=O) groups excluding carboxylic acids is 1. The van der Waals surface area contributed by atoms with Gasteiger partial charge in [0.1, 0.15) is 18.2 Å². The SMILES string of the molecule is COCc1nc2cc(F)ccc2c(=O)n1NC(=O)Cc1ccc(F)cc1. The summed E-state index contributed by atoms with van der Waals surface area (Å²) in [6.07, 6.45) is -0.0550. The molecule has 1 heterocycles. The number of hydrogen-bond donors (Lipinski definition) is 1. The van der Waals surface area contributed by atoms with Crippen LogP contribution in [0.25, 0.3) is 10.9 Å². The summed E-state index contributed by atoms with van der Waals surface area (Å²) in [6, 6.07) is 9.05. The first-order chi connectivity index (χ1) is 12.5. The van der Waals surface area contributed by atoms with Crippen LogP contribution in [0.3, 0.4) is 0 Å². The maximum atomic E-state index is 13.4. The van der Waals surface area contributed by atoms with Crippen molar-refractivity contribution in [1.29, 1.82) is 0 Å². The molecule has 1 N–H and O–H groups in total. The van der Waals surface area contributed by atoms with E-state index < -0.39 is 23.1 Å². The Hall–Kier alpha value is -3.13. The maximum absolute atomic E-state index is 13.4. The fourth-order valence-corrected chi connectivity index (χ4v) is 2.50. The third-order valence-electron chi connectivity index (χ3n) is 3.69. The lowest BCUT2D eigenvalue weighted by molar-refractivity contribution is -0.116. The van der Waals surface area contributed by atoms with Crippen LogP contribution in [0.1, 0.15) is 11.4 Å². The Labute approximate surface area is 147 Å². The van der Waals surface area contributed by atoms with Gasteiger partial charge >= 0.3 is 0 Å². The number of aromatic nitrogens is 2. The number of ether oxygens (including phenoxy) is 1. The number of benzene rings is 2. The molecule has 0 aliphatic heterocycles. The van der Waals surface area contributed by atoms with Gasteiger partial charge in [0, 0.05) is 13.2 Å². The number of nitrogens with zero attached hydrogens (tertiary/aromatic N) is 2. The fraction of sp³-hybridized carbons (Fsp3) is 0.167. The van der Waals surface area contributed by atoms with Gasteiger partial charge in [0.05, 0.1) is 17.3 Å². The molecule has 134 valence electrons. The van der Waals surface area contributed by atoms with E-state index in [1.54, 1.807) is 0 Å². The minimum atomic E-state index is -0.547. The molecule has 0 aliphatic carbocycles. The molecule has 0 bridgehead atoms. The predicted octanol–water partition coefficient (Wildman–Crippen LogP) is 2.13. The van der Waals surface area contributed by atoms with Gasteiger partial charge in [0.25, 0.3) is 5.56 Å². The smallest absolute Gasteiger partial charge is 0.280 e. The molecule has 1 aromatic heterocycles. The molecule has 0 unspecified atom stereocenters. The van der Waals surface area contributed by atoms with Gasteiger partial charge in [-0.3, -0.25) is 15.0 Å². The summed E-state index contributed by atoms with van der Waals surface area (Å²) in [5, 5.41) is 0.160. The highest BCUT2D eigenvalue weighted by atomic mass is 19.1. The summed E-state index contributed by atoms with van der Waals surface area (Å²) < 4.78 is 32.3. The van der Waals surface area contributed by atoms with Crippen LogP contribution in [-0.4, -0.2) is 22.7 Å². The number of methoxy groups -OCH3 is 1. The van der Waals surface area contributed by atoms with Crippen LogP contribution in [0.15, 0.2) is 47.3 Å². The van der Waals surface area contributed by atoms with Gasteiger partial charge in [-0.25, -0.2) is 13.8 Å². The molecular weight excluding hydrogens is 344 g/mol. The van der Waals surface area contributed by atoms with E-state index in [-0.39, 0.29) is 29.8 Å². The topological polar surface area (TPSA) is 73.2 Å². The Balaban J connectivity index is 1.94. The normalized spacial score (nSPS) is 10.9. The van der Waals surface area contributed by atoms with Crippen LogP contribution in [0.5, 0.6) is 0 Å². The van der Waals surface area contributed by atoms with Crippen LogP contribution < -0.4 is 11.0 Å². The van der Waals surface area contributed by atoms with Gasteiger partial charge in [-0.05, 0) is 29.8 Å².